The van der Waals surface area contributed by atoms with Crippen molar-refractivity contribution in [1.29, 1.82) is 0 Å². The van der Waals surface area contributed by atoms with Crippen LogP contribution in [0, 0.1) is 0 Å². The van der Waals surface area contributed by atoms with Gasteiger partial charge in [-0.1, -0.05) is 0 Å². The van der Waals surface area contributed by atoms with Gasteiger partial charge in [0.1, 0.15) is 5.52 Å². The molecule has 1 N–H and O–H groups in total. The van der Waals surface area contributed by atoms with Crippen LogP contribution in [-0.2, 0) is 11.3 Å². The number of fused-ring (bicyclic) bond motifs is 3. The van der Waals surface area contributed by atoms with Gasteiger partial charge in [0.15, 0.2) is 5.65 Å². The molecule has 3 aromatic heterocycles. The summed E-state index contributed by atoms with van der Waals surface area (Å²) in [6, 6.07) is 7.51. The zero-order valence-electron chi connectivity index (χ0n) is 17.6. The molecular formula is C22H30N6O2. The standard InChI is InChI=1S/C22H30N6O2/c1-25-14-16-26(17-15-25)11-5-10-23-20(29)8-4-13-28-21-18(6-2-9-24-21)27-12-3-7-19(27)22(28)30/h2-3,6-7,9,12H,4-5,8,10-11,13-17H2,1H3,(H,23,29). The fourth-order valence-electron chi connectivity index (χ4n) is 4.08. The molecule has 8 heteroatoms. The van der Waals surface area contributed by atoms with Crippen molar-refractivity contribution in [2.24, 2.45) is 0 Å². The van der Waals surface area contributed by atoms with Crippen LogP contribution >= 0.6 is 0 Å². The molecule has 30 heavy (non-hydrogen) atoms. The van der Waals surface area contributed by atoms with Crippen molar-refractivity contribution >= 4 is 22.6 Å². The summed E-state index contributed by atoms with van der Waals surface area (Å²) < 4.78 is 3.56. The Hall–Kier alpha value is -2.71. The fraction of sp³-hybridized carbons (Fsp3) is 0.500. The Morgan fingerprint density at radius 3 is 2.70 bits per heavy atom. The first-order chi connectivity index (χ1) is 14.6. The molecule has 0 aromatic carbocycles. The van der Waals surface area contributed by atoms with Gasteiger partial charge in [-0.25, -0.2) is 4.98 Å². The first kappa shape index (κ1) is 20.6. The van der Waals surface area contributed by atoms with Gasteiger partial charge >= 0.3 is 0 Å². The number of nitrogens with one attached hydrogen (secondary N) is 1. The molecule has 1 aliphatic rings. The molecule has 8 nitrogen and oxygen atoms in total. The number of aryl methyl sites for hydroxylation is 1. The topological polar surface area (TPSA) is 74.9 Å². The number of amides is 1. The first-order valence-electron chi connectivity index (χ1n) is 10.8. The third-order valence-corrected chi connectivity index (χ3v) is 5.85. The van der Waals surface area contributed by atoms with Crippen molar-refractivity contribution in [3.63, 3.8) is 0 Å². The van der Waals surface area contributed by atoms with Gasteiger partial charge in [0.2, 0.25) is 5.91 Å². The molecule has 0 saturated carbocycles. The molecule has 4 rings (SSSR count). The van der Waals surface area contributed by atoms with Gasteiger partial charge in [-0.2, -0.15) is 0 Å². The first-order valence-corrected chi connectivity index (χ1v) is 10.8. The molecule has 0 spiro atoms. The van der Waals surface area contributed by atoms with E-state index in [4.69, 9.17) is 0 Å². The second-order valence-corrected chi connectivity index (χ2v) is 8.02. The van der Waals surface area contributed by atoms with E-state index in [1.165, 1.54) is 0 Å². The molecule has 0 unspecified atom stereocenters. The van der Waals surface area contributed by atoms with Crippen LogP contribution in [0.1, 0.15) is 19.3 Å². The van der Waals surface area contributed by atoms with E-state index in [-0.39, 0.29) is 11.5 Å². The Morgan fingerprint density at radius 2 is 1.87 bits per heavy atom. The van der Waals surface area contributed by atoms with Gasteiger partial charge in [-0.05, 0) is 50.7 Å². The molecule has 1 saturated heterocycles. The predicted octanol–water partition coefficient (Wildman–Crippen LogP) is 1.18. The monoisotopic (exact) mass is 410 g/mol. The van der Waals surface area contributed by atoms with Gasteiger partial charge in [0.05, 0.1) is 5.52 Å². The van der Waals surface area contributed by atoms with Crippen LogP contribution < -0.4 is 10.9 Å². The Kier molecular flexibility index (Phi) is 6.44. The highest BCUT2D eigenvalue weighted by Crippen LogP contribution is 2.13. The number of nitrogens with zero attached hydrogens (tertiary/aromatic N) is 5. The van der Waals surface area contributed by atoms with E-state index in [0.29, 0.717) is 37.1 Å². The number of rotatable bonds is 8. The zero-order chi connectivity index (χ0) is 20.9. The number of likely N-dealkylation sites (N-methyl/N-ethyl adjacent to an activating group) is 1. The van der Waals surface area contributed by atoms with Crippen LogP contribution in [0.5, 0.6) is 0 Å². The van der Waals surface area contributed by atoms with Crippen molar-refractivity contribution < 1.29 is 4.79 Å². The number of hydrogen-bond acceptors (Lipinski definition) is 5. The lowest BCUT2D eigenvalue weighted by Gasteiger charge is -2.32. The summed E-state index contributed by atoms with van der Waals surface area (Å²) in [5, 5.41) is 3.01. The van der Waals surface area contributed by atoms with Crippen LogP contribution in [-0.4, -0.2) is 76.0 Å². The molecule has 160 valence electrons. The predicted molar refractivity (Wildman–Crippen MR) is 118 cm³/mol. The maximum absolute atomic E-state index is 12.9. The van der Waals surface area contributed by atoms with Gasteiger partial charge < -0.3 is 19.5 Å². The summed E-state index contributed by atoms with van der Waals surface area (Å²) in [6.45, 7) is 6.64. The Balaban J connectivity index is 1.27. The number of carbonyl (C=O) groups excluding carboxylic acids is 1. The maximum Gasteiger partial charge on any atom is 0.276 e. The molecule has 1 aliphatic heterocycles. The number of piperazine rings is 1. The molecule has 0 aliphatic carbocycles. The summed E-state index contributed by atoms with van der Waals surface area (Å²) in [5.74, 6) is 0.0439. The Bertz CT molecular complexity index is 1060. The minimum atomic E-state index is -0.0706. The van der Waals surface area contributed by atoms with Crippen molar-refractivity contribution in [3.8, 4) is 0 Å². The molecule has 3 aromatic rings. The lowest BCUT2D eigenvalue weighted by molar-refractivity contribution is -0.121. The SMILES string of the molecule is CN1CCN(CCCNC(=O)CCCn2c(=O)c3cccn3c3cccnc32)CC1. The summed E-state index contributed by atoms with van der Waals surface area (Å²) in [6.07, 6.45) is 5.55. The molecule has 0 bridgehead atoms. The number of carbonyl (C=O) groups is 1. The van der Waals surface area contributed by atoms with E-state index in [1.54, 1.807) is 10.8 Å². The highest BCUT2D eigenvalue weighted by molar-refractivity contribution is 5.76. The van der Waals surface area contributed by atoms with E-state index in [0.717, 1.165) is 44.7 Å². The fourth-order valence-corrected chi connectivity index (χ4v) is 4.08. The lowest BCUT2D eigenvalue weighted by Crippen LogP contribution is -2.45. The number of hydrogen-bond donors (Lipinski definition) is 1. The molecular weight excluding hydrogens is 380 g/mol. The summed E-state index contributed by atoms with van der Waals surface area (Å²) in [5.41, 5.74) is 2.10. The molecule has 4 heterocycles. The highest BCUT2D eigenvalue weighted by Gasteiger charge is 2.14. The normalized spacial score (nSPS) is 15.8. The summed E-state index contributed by atoms with van der Waals surface area (Å²) >= 11 is 0. The smallest absolute Gasteiger partial charge is 0.276 e. The third kappa shape index (κ3) is 4.55. The average molecular weight is 411 g/mol. The van der Waals surface area contributed by atoms with Crippen molar-refractivity contribution in [1.82, 2.24) is 29.1 Å². The molecule has 1 amide bonds. The molecule has 1 fully saturated rings. The van der Waals surface area contributed by atoms with E-state index in [1.807, 2.05) is 34.9 Å². The van der Waals surface area contributed by atoms with E-state index in [2.05, 4.69) is 27.1 Å². The highest BCUT2D eigenvalue weighted by atomic mass is 16.1. The second kappa shape index (κ2) is 9.40. The lowest BCUT2D eigenvalue weighted by atomic mass is 10.2. The van der Waals surface area contributed by atoms with Gasteiger partial charge in [0, 0.05) is 58.1 Å². The Labute approximate surface area is 176 Å². The summed E-state index contributed by atoms with van der Waals surface area (Å²) in [4.78, 5) is 34.3. The largest absolute Gasteiger partial charge is 0.356 e. The van der Waals surface area contributed by atoms with Gasteiger partial charge in [-0.3, -0.25) is 14.2 Å². The van der Waals surface area contributed by atoms with E-state index >= 15 is 0 Å². The third-order valence-electron chi connectivity index (χ3n) is 5.85. The van der Waals surface area contributed by atoms with Gasteiger partial charge in [-0.15, -0.1) is 0 Å². The van der Waals surface area contributed by atoms with E-state index < -0.39 is 0 Å². The molecule has 0 radical (unpaired) electrons. The number of aromatic nitrogens is 3. The van der Waals surface area contributed by atoms with Crippen molar-refractivity contribution in [3.05, 3.63) is 47.0 Å². The van der Waals surface area contributed by atoms with Crippen LogP contribution in [0.4, 0.5) is 0 Å². The average Bonchev–Trinajstić information content (AvgIpc) is 3.25. The van der Waals surface area contributed by atoms with Crippen LogP contribution in [0.2, 0.25) is 0 Å². The van der Waals surface area contributed by atoms with Crippen LogP contribution in [0.15, 0.2) is 41.5 Å². The van der Waals surface area contributed by atoms with Crippen molar-refractivity contribution in [2.45, 2.75) is 25.8 Å². The minimum absolute atomic E-state index is 0.0439. The molecule has 0 atom stereocenters. The maximum atomic E-state index is 12.9. The second-order valence-electron chi connectivity index (χ2n) is 8.02. The van der Waals surface area contributed by atoms with Crippen LogP contribution in [0.25, 0.3) is 16.7 Å². The minimum Gasteiger partial charge on any atom is -0.356 e. The van der Waals surface area contributed by atoms with Crippen LogP contribution in [0.3, 0.4) is 0 Å². The zero-order valence-corrected chi connectivity index (χ0v) is 17.6. The summed E-state index contributed by atoms with van der Waals surface area (Å²) in [7, 11) is 2.15. The quantitative estimate of drug-likeness (QED) is 0.565. The van der Waals surface area contributed by atoms with Crippen molar-refractivity contribution in [2.75, 3.05) is 46.3 Å². The van der Waals surface area contributed by atoms with E-state index in [9.17, 15) is 9.59 Å². The van der Waals surface area contributed by atoms with Gasteiger partial charge in [0.25, 0.3) is 5.56 Å². The Morgan fingerprint density at radius 1 is 1.07 bits per heavy atom. The number of pyridine rings is 1.